The van der Waals surface area contributed by atoms with Crippen molar-refractivity contribution in [2.24, 2.45) is 17.6 Å². The molecule has 0 saturated carbocycles. The number of rotatable bonds is 8. The van der Waals surface area contributed by atoms with Gasteiger partial charge < -0.3 is 15.5 Å². The molecule has 0 bridgehead atoms. The zero-order valence-electron chi connectivity index (χ0n) is 22.7. The van der Waals surface area contributed by atoms with Gasteiger partial charge in [0.15, 0.2) is 11.6 Å². The highest BCUT2D eigenvalue weighted by atomic mass is 16.2. The molecule has 1 atom stereocenters. The predicted octanol–water partition coefficient (Wildman–Crippen LogP) is 5.21. The summed E-state index contributed by atoms with van der Waals surface area (Å²) in [7, 11) is 0. The lowest BCUT2D eigenvalue weighted by Gasteiger charge is -2.36. The molecule has 2 fully saturated rings. The summed E-state index contributed by atoms with van der Waals surface area (Å²) < 4.78 is 0. The van der Waals surface area contributed by atoms with Gasteiger partial charge in [-0.15, -0.1) is 0 Å². The van der Waals surface area contributed by atoms with Crippen molar-refractivity contribution in [3.63, 3.8) is 0 Å². The van der Waals surface area contributed by atoms with Gasteiger partial charge in [-0.25, -0.2) is 0 Å². The third-order valence-corrected chi connectivity index (χ3v) is 8.95. The highest BCUT2D eigenvalue weighted by Gasteiger charge is 2.33. The summed E-state index contributed by atoms with van der Waals surface area (Å²) in [5.41, 5.74) is 9.10. The van der Waals surface area contributed by atoms with E-state index in [0.29, 0.717) is 34.1 Å². The van der Waals surface area contributed by atoms with Crippen LogP contribution in [0.2, 0.25) is 0 Å². The molecule has 0 aromatic heterocycles. The molecule has 38 heavy (non-hydrogen) atoms. The minimum Gasteiger partial charge on any atom is -0.371 e. The Hall–Kier alpha value is -2.99. The Bertz CT molecular complexity index is 1180. The van der Waals surface area contributed by atoms with E-state index in [0.717, 1.165) is 70.4 Å². The first kappa shape index (κ1) is 26.6. The topological polar surface area (TPSA) is 83.7 Å². The largest absolute Gasteiger partial charge is 0.371 e. The minimum atomic E-state index is -0.335. The fourth-order valence-corrected chi connectivity index (χ4v) is 6.66. The van der Waals surface area contributed by atoms with Gasteiger partial charge in [-0.1, -0.05) is 69.0 Å². The zero-order valence-corrected chi connectivity index (χ0v) is 22.7. The Morgan fingerprint density at radius 1 is 0.842 bits per heavy atom. The number of benzene rings is 2. The van der Waals surface area contributed by atoms with Gasteiger partial charge in [0.05, 0.1) is 11.6 Å². The molecule has 5 rings (SSSR count). The highest BCUT2D eigenvalue weighted by Crippen LogP contribution is 2.36. The zero-order chi connectivity index (χ0) is 26.6. The summed E-state index contributed by atoms with van der Waals surface area (Å²) in [6.45, 7) is 5.62. The lowest BCUT2D eigenvalue weighted by atomic mass is 9.82. The Morgan fingerprint density at radius 2 is 1.42 bits per heavy atom. The van der Waals surface area contributed by atoms with E-state index in [1.807, 2.05) is 29.2 Å². The van der Waals surface area contributed by atoms with Crippen LogP contribution in [0.4, 0.5) is 5.69 Å². The number of nitrogens with two attached hydrogens (primary N) is 1. The molecule has 0 radical (unpaired) electrons. The van der Waals surface area contributed by atoms with Crippen molar-refractivity contribution >= 4 is 23.2 Å². The summed E-state index contributed by atoms with van der Waals surface area (Å²) >= 11 is 0. The standard InChI is InChI=1S/C32H41N3O3/c1-2-7-27(33)32(38)35-20-16-23(17-21-35)9-5-8-22-14-18-34(19-15-22)28-13-6-12-26-29(28)31(37)25-11-4-3-10-24(25)30(26)36/h3-4,6,10-13,22-23,27H,2,5,7-9,14-21,33H2,1H3/t27-/m0/s1. The molecule has 1 aliphatic carbocycles. The Kier molecular flexibility index (Phi) is 8.27. The number of likely N-dealkylation sites (tertiary alicyclic amines) is 1. The molecule has 0 unspecified atom stereocenters. The van der Waals surface area contributed by atoms with Crippen LogP contribution in [0.5, 0.6) is 0 Å². The van der Waals surface area contributed by atoms with Gasteiger partial charge in [-0.2, -0.15) is 0 Å². The van der Waals surface area contributed by atoms with Gasteiger partial charge in [-0.05, 0) is 50.0 Å². The maximum absolute atomic E-state index is 13.4. The lowest BCUT2D eigenvalue weighted by Crippen LogP contribution is -2.47. The van der Waals surface area contributed by atoms with E-state index < -0.39 is 0 Å². The van der Waals surface area contributed by atoms with Crippen LogP contribution in [0.3, 0.4) is 0 Å². The van der Waals surface area contributed by atoms with Crippen molar-refractivity contribution in [2.75, 3.05) is 31.1 Å². The van der Waals surface area contributed by atoms with Crippen molar-refractivity contribution in [3.05, 3.63) is 64.7 Å². The van der Waals surface area contributed by atoms with Gasteiger partial charge in [0.1, 0.15) is 0 Å². The molecular weight excluding hydrogens is 474 g/mol. The van der Waals surface area contributed by atoms with E-state index in [2.05, 4.69) is 11.8 Å². The molecule has 0 spiro atoms. The summed E-state index contributed by atoms with van der Waals surface area (Å²) in [6.07, 6.45) is 9.86. The second-order valence-corrected chi connectivity index (χ2v) is 11.4. The van der Waals surface area contributed by atoms with Gasteiger partial charge in [-0.3, -0.25) is 14.4 Å². The average Bonchev–Trinajstić information content (AvgIpc) is 2.96. The molecule has 2 saturated heterocycles. The third kappa shape index (κ3) is 5.42. The SMILES string of the molecule is CCC[C@H](N)C(=O)N1CCC(CCCC2CCN(c3cccc4c3C(=O)c3ccccc3C4=O)CC2)CC1. The number of ketones is 2. The summed E-state index contributed by atoms with van der Waals surface area (Å²) in [6, 6.07) is 12.5. The van der Waals surface area contributed by atoms with Crippen LogP contribution in [-0.2, 0) is 4.79 Å². The number of nitrogens with zero attached hydrogens (tertiary/aromatic N) is 2. The first-order chi connectivity index (χ1) is 18.5. The van der Waals surface area contributed by atoms with Crippen LogP contribution in [-0.4, -0.2) is 54.6 Å². The maximum atomic E-state index is 13.4. The van der Waals surface area contributed by atoms with Gasteiger partial charge in [0.25, 0.3) is 0 Å². The Labute approximate surface area is 226 Å². The van der Waals surface area contributed by atoms with E-state index in [1.54, 1.807) is 18.2 Å². The number of hydrogen-bond donors (Lipinski definition) is 1. The van der Waals surface area contributed by atoms with E-state index in [9.17, 15) is 14.4 Å². The minimum absolute atomic E-state index is 0.0342. The number of carbonyl (C=O) groups excluding carboxylic acids is 3. The molecule has 1 amide bonds. The summed E-state index contributed by atoms with van der Waals surface area (Å²) in [5.74, 6) is 1.47. The van der Waals surface area contributed by atoms with Crippen LogP contribution in [0.1, 0.15) is 96.6 Å². The number of piperidine rings is 2. The van der Waals surface area contributed by atoms with Crippen molar-refractivity contribution in [1.29, 1.82) is 0 Å². The first-order valence-electron chi connectivity index (χ1n) is 14.6. The molecular formula is C32H41N3O3. The second-order valence-electron chi connectivity index (χ2n) is 11.4. The molecule has 202 valence electrons. The molecule has 2 aromatic carbocycles. The monoisotopic (exact) mass is 515 g/mol. The normalized spacial score (nSPS) is 19.3. The Morgan fingerprint density at radius 3 is 2.05 bits per heavy atom. The smallest absolute Gasteiger partial charge is 0.239 e. The van der Waals surface area contributed by atoms with Crippen LogP contribution in [0.15, 0.2) is 42.5 Å². The first-order valence-corrected chi connectivity index (χ1v) is 14.6. The van der Waals surface area contributed by atoms with Crippen LogP contribution >= 0.6 is 0 Å². The highest BCUT2D eigenvalue weighted by molar-refractivity contribution is 6.30. The predicted molar refractivity (Wildman–Crippen MR) is 151 cm³/mol. The average molecular weight is 516 g/mol. The molecule has 2 heterocycles. The van der Waals surface area contributed by atoms with Crippen molar-refractivity contribution < 1.29 is 14.4 Å². The van der Waals surface area contributed by atoms with Gasteiger partial charge in [0.2, 0.25) is 5.91 Å². The van der Waals surface area contributed by atoms with E-state index in [-0.39, 0.29) is 23.5 Å². The number of fused-ring (bicyclic) bond motifs is 2. The summed E-state index contributed by atoms with van der Waals surface area (Å²) in [4.78, 5) is 43.2. The molecule has 6 heteroatoms. The van der Waals surface area contributed by atoms with E-state index in [4.69, 9.17) is 5.73 Å². The van der Waals surface area contributed by atoms with Crippen molar-refractivity contribution in [2.45, 2.75) is 70.8 Å². The van der Waals surface area contributed by atoms with Crippen molar-refractivity contribution in [1.82, 2.24) is 4.90 Å². The molecule has 2 N–H and O–H groups in total. The number of anilines is 1. The number of hydrogen-bond acceptors (Lipinski definition) is 5. The van der Waals surface area contributed by atoms with E-state index >= 15 is 0 Å². The van der Waals surface area contributed by atoms with Crippen molar-refractivity contribution in [3.8, 4) is 0 Å². The molecule has 2 aromatic rings. The third-order valence-electron chi connectivity index (χ3n) is 8.95. The lowest BCUT2D eigenvalue weighted by molar-refractivity contribution is -0.134. The van der Waals surface area contributed by atoms with Crippen LogP contribution in [0.25, 0.3) is 0 Å². The quantitative estimate of drug-likeness (QED) is 0.445. The Balaban J connectivity index is 1.10. The van der Waals surface area contributed by atoms with Gasteiger partial charge in [0, 0.05) is 48.6 Å². The summed E-state index contributed by atoms with van der Waals surface area (Å²) in [5, 5.41) is 0. The fourth-order valence-electron chi connectivity index (χ4n) is 6.66. The van der Waals surface area contributed by atoms with Gasteiger partial charge >= 0.3 is 0 Å². The fraction of sp³-hybridized carbons (Fsp3) is 0.531. The molecule has 3 aliphatic rings. The molecule has 2 aliphatic heterocycles. The van der Waals surface area contributed by atoms with Crippen LogP contribution < -0.4 is 10.6 Å². The second kappa shape index (κ2) is 11.8. The van der Waals surface area contributed by atoms with E-state index in [1.165, 1.54) is 19.3 Å². The maximum Gasteiger partial charge on any atom is 0.239 e. The van der Waals surface area contributed by atoms with Crippen LogP contribution in [0, 0.1) is 11.8 Å². The number of amides is 1. The molecule has 6 nitrogen and oxygen atoms in total. The number of carbonyl (C=O) groups is 3.